The maximum Gasteiger partial charge on any atom is 0.192 e. The van der Waals surface area contributed by atoms with E-state index in [0.717, 1.165) is 41.9 Å². The molecule has 0 spiro atoms. The van der Waals surface area contributed by atoms with Crippen molar-refractivity contribution in [3.8, 4) is 11.5 Å². The van der Waals surface area contributed by atoms with Gasteiger partial charge in [0.05, 0.1) is 24.9 Å². The fourth-order valence-corrected chi connectivity index (χ4v) is 4.34. The Morgan fingerprint density at radius 3 is 2.17 bits per heavy atom. The predicted octanol–water partition coefficient (Wildman–Crippen LogP) is 7.70. The summed E-state index contributed by atoms with van der Waals surface area (Å²) in [6.07, 6.45) is 15.5. The lowest BCUT2D eigenvalue weighted by atomic mass is 10.1. The zero-order valence-corrected chi connectivity index (χ0v) is 20.4. The van der Waals surface area contributed by atoms with Crippen molar-refractivity contribution >= 4 is 21.9 Å². The largest absolute Gasteiger partial charge is 0.493 e. The fourth-order valence-electron chi connectivity index (χ4n) is 4.34. The molecule has 4 aromatic rings. The minimum Gasteiger partial charge on any atom is -0.493 e. The standard InChI is InChI=1S/C30H35NO4/c32-27-18-22-35-29-23-25(16-17-26(27)29)33-20-9-7-5-3-1-2-4-6-8-10-21-34-28-15-11-13-24-14-12-19-31-30(24)28/h11-19,22-23H,1-10,20-21H2. The molecule has 2 aromatic heterocycles. The lowest BCUT2D eigenvalue weighted by Crippen LogP contribution is -2.00. The molecule has 2 heterocycles. The second-order valence-corrected chi connectivity index (χ2v) is 9.01. The summed E-state index contributed by atoms with van der Waals surface area (Å²) in [5.74, 6) is 1.64. The summed E-state index contributed by atoms with van der Waals surface area (Å²) in [7, 11) is 0. The van der Waals surface area contributed by atoms with Gasteiger partial charge in [-0.05, 0) is 37.1 Å². The zero-order chi connectivity index (χ0) is 24.1. The Balaban J connectivity index is 0.970. The van der Waals surface area contributed by atoms with Crippen molar-refractivity contribution in [3.63, 3.8) is 0 Å². The molecule has 5 nitrogen and oxygen atoms in total. The quantitative estimate of drug-likeness (QED) is 0.166. The second-order valence-electron chi connectivity index (χ2n) is 9.01. The Morgan fingerprint density at radius 2 is 1.40 bits per heavy atom. The van der Waals surface area contributed by atoms with Gasteiger partial charge in [-0.1, -0.05) is 69.6 Å². The highest BCUT2D eigenvalue weighted by Crippen LogP contribution is 2.23. The van der Waals surface area contributed by atoms with Crippen LogP contribution in [0.3, 0.4) is 0 Å². The Hall–Kier alpha value is -3.34. The molecule has 0 saturated heterocycles. The van der Waals surface area contributed by atoms with Gasteiger partial charge >= 0.3 is 0 Å². The highest BCUT2D eigenvalue weighted by molar-refractivity contribution is 5.84. The van der Waals surface area contributed by atoms with Crippen molar-refractivity contribution in [2.75, 3.05) is 13.2 Å². The van der Waals surface area contributed by atoms with Gasteiger partial charge in [-0.3, -0.25) is 9.78 Å². The number of hydrogen-bond donors (Lipinski definition) is 0. The monoisotopic (exact) mass is 473 g/mol. The molecular weight excluding hydrogens is 438 g/mol. The van der Waals surface area contributed by atoms with E-state index in [2.05, 4.69) is 17.1 Å². The van der Waals surface area contributed by atoms with Gasteiger partial charge in [0.2, 0.25) is 0 Å². The SMILES string of the molecule is O=c1ccoc2cc(OCCCCCCCCCCCCOc3cccc4cccnc34)ccc12. The summed E-state index contributed by atoms with van der Waals surface area (Å²) in [6.45, 7) is 1.45. The topological polar surface area (TPSA) is 61.6 Å². The predicted molar refractivity (Wildman–Crippen MR) is 141 cm³/mol. The number of fused-ring (bicyclic) bond motifs is 2. The van der Waals surface area contributed by atoms with Gasteiger partial charge in [0, 0.05) is 23.7 Å². The molecule has 0 aliphatic rings. The van der Waals surface area contributed by atoms with Crippen LogP contribution in [0.2, 0.25) is 0 Å². The van der Waals surface area contributed by atoms with E-state index >= 15 is 0 Å². The maximum atomic E-state index is 11.8. The van der Waals surface area contributed by atoms with Crippen molar-refractivity contribution in [2.45, 2.75) is 64.2 Å². The van der Waals surface area contributed by atoms with Crippen molar-refractivity contribution in [1.29, 1.82) is 0 Å². The fraction of sp³-hybridized carbons (Fsp3) is 0.400. The van der Waals surface area contributed by atoms with E-state index in [9.17, 15) is 4.79 Å². The van der Waals surface area contributed by atoms with Crippen LogP contribution in [0.1, 0.15) is 64.2 Å². The van der Waals surface area contributed by atoms with Gasteiger partial charge < -0.3 is 13.9 Å². The molecule has 2 aromatic carbocycles. The Labute approximate surface area is 207 Å². The second kappa shape index (κ2) is 13.5. The summed E-state index contributed by atoms with van der Waals surface area (Å²) >= 11 is 0. The van der Waals surface area contributed by atoms with Crippen LogP contribution in [0.15, 0.2) is 76.3 Å². The molecular formula is C30H35NO4. The lowest BCUT2D eigenvalue weighted by Gasteiger charge is -2.08. The molecule has 0 saturated carbocycles. The van der Waals surface area contributed by atoms with E-state index in [4.69, 9.17) is 13.9 Å². The third-order valence-electron chi connectivity index (χ3n) is 6.29. The summed E-state index contributed by atoms with van der Waals surface area (Å²) in [5.41, 5.74) is 1.50. The van der Waals surface area contributed by atoms with Gasteiger partial charge in [0.1, 0.15) is 22.6 Å². The van der Waals surface area contributed by atoms with Gasteiger partial charge in [0.25, 0.3) is 0 Å². The number of hydrogen-bond acceptors (Lipinski definition) is 5. The first-order chi connectivity index (χ1) is 17.3. The van der Waals surface area contributed by atoms with E-state index in [1.807, 2.05) is 30.5 Å². The minimum atomic E-state index is -0.0264. The van der Waals surface area contributed by atoms with E-state index < -0.39 is 0 Å². The van der Waals surface area contributed by atoms with Crippen LogP contribution in [0.4, 0.5) is 0 Å². The Morgan fingerprint density at radius 1 is 0.714 bits per heavy atom. The molecule has 0 radical (unpaired) electrons. The van der Waals surface area contributed by atoms with Crippen molar-refractivity contribution in [3.05, 3.63) is 77.3 Å². The number of benzene rings is 2. The van der Waals surface area contributed by atoms with Crippen molar-refractivity contribution in [2.24, 2.45) is 0 Å². The van der Waals surface area contributed by atoms with Gasteiger partial charge in [-0.15, -0.1) is 0 Å². The van der Waals surface area contributed by atoms with Crippen LogP contribution in [-0.4, -0.2) is 18.2 Å². The molecule has 0 unspecified atom stereocenters. The molecule has 0 bridgehead atoms. The summed E-state index contributed by atoms with van der Waals surface area (Å²) in [6, 6.07) is 17.0. The summed E-state index contributed by atoms with van der Waals surface area (Å²) in [4.78, 5) is 16.2. The number of aromatic nitrogens is 1. The van der Waals surface area contributed by atoms with Crippen LogP contribution in [0, 0.1) is 0 Å². The highest BCUT2D eigenvalue weighted by Gasteiger charge is 2.03. The van der Waals surface area contributed by atoms with E-state index in [1.54, 1.807) is 12.1 Å². The van der Waals surface area contributed by atoms with Crippen LogP contribution in [-0.2, 0) is 0 Å². The molecule has 35 heavy (non-hydrogen) atoms. The minimum absolute atomic E-state index is 0.0264. The van der Waals surface area contributed by atoms with Gasteiger partial charge in [0.15, 0.2) is 5.43 Å². The van der Waals surface area contributed by atoms with Crippen molar-refractivity contribution in [1.82, 2.24) is 4.98 Å². The van der Waals surface area contributed by atoms with Crippen LogP contribution in [0.5, 0.6) is 11.5 Å². The Kier molecular flexibility index (Phi) is 9.57. The average molecular weight is 474 g/mol. The molecule has 0 aliphatic carbocycles. The molecule has 0 atom stereocenters. The maximum absolute atomic E-state index is 11.8. The number of nitrogens with zero attached hydrogens (tertiary/aromatic N) is 1. The number of para-hydroxylation sites is 1. The van der Waals surface area contributed by atoms with E-state index in [0.29, 0.717) is 17.6 Å². The first-order valence-electron chi connectivity index (χ1n) is 12.9. The summed E-state index contributed by atoms with van der Waals surface area (Å²) in [5, 5.41) is 1.71. The van der Waals surface area contributed by atoms with Crippen molar-refractivity contribution < 1.29 is 13.9 Å². The third-order valence-corrected chi connectivity index (χ3v) is 6.29. The normalized spacial score (nSPS) is 11.2. The molecule has 0 N–H and O–H groups in total. The number of pyridine rings is 1. The lowest BCUT2D eigenvalue weighted by molar-refractivity contribution is 0.303. The Bertz CT molecular complexity index is 1240. The van der Waals surface area contributed by atoms with Crippen LogP contribution in [0.25, 0.3) is 21.9 Å². The number of unbranched alkanes of at least 4 members (excludes halogenated alkanes) is 9. The smallest absolute Gasteiger partial charge is 0.192 e. The van der Waals surface area contributed by atoms with E-state index in [-0.39, 0.29) is 5.43 Å². The first-order valence-corrected chi connectivity index (χ1v) is 12.9. The average Bonchev–Trinajstić information content (AvgIpc) is 2.89. The molecule has 184 valence electrons. The molecule has 0 fully saturated rings. The van der Waals surface area contributed by atoms with Crippen LogP contribution >= 0.6 is 0 Å². The highest BCUT2D eigenvalue weighted by atomic mass is 16.5. The van der Waals surface area contributed by atoms with Gasteiger partial charge in [-0.25, -0.2) is 0 Å². The summed E-state index contributed by atoms with van der Waals surface area (Å²) < 4.78 is 17.2. The zero-order valence-electron chi connectivity index (χ0n) is 20.4. The first kappa shape index (κ1) is 24.8. The number of ether oxygens (including phenoxy) is 2. The van der Waals surface area contributed by atoms with Gasteiger partial charge in [-0.2, -0.15) is 0 Å². The molecule has 4 rings (SSSR count). The third kappa shape index (κ3) is 7.57. The molecule has 0 aliphatic heterocycles. The van der Waals surface area contributed by atoms with Crippen LogP contribution < -0.4 is 14.9 Å². The molecule has 0 amide bonds. The number of rotatable bonds is 15. The van der Waals surface area contributed by atoms with E-state index in [1.165, 1.54) is 63.7 Å². The molecule has 5 heteroatoms.